The second kappa shape index (κ2) is 8.97. The van der Waals surface area contributed by atoms with E-state index in [0.717, 1.165) is 28.9 Å². The van der Waals surface area contributed by atoms with E-state index in [-0.39, 0.29) is 18.3 Å². The van der Waals surface area contributed by atoms with Crippen LogP contribution in [0.15, 0.2) is 47.3 Å². The van der Waals surface area contributed by atoms with Crippen molar-refractivity contribution in [2.75, 3.05) is 20.2 Å². The number of rotatable bonds is 6. The molecule has 0 radical (unpaired) electrons. The molecule has 1 saturated heterocycles. The van der Waals surface area contributed by atoms with Gasteiger partial charge in [-0.15, -0.1) is 9.40 Å². The van der Waals surface area contributed by atoms with Crippen LogP contribution >= 0.6 is 0 Å². The quantitative estimate of drug-likeness (QED) is 0.391. The maximum Gasteiger partial charge on any atom is 0.317 e. The monoisotopic (exact) mass is 484 g/mol. The summed E-state index contributed by atoms with van der Waals surface area (Å²) in [5, 5.41) is 13.4. The summed E-state index contributed by atoms with van der Waals surface area (Å²) in [5.74, 6) is -0.682. The van der Waals surface area contributed by atoms with Crippen molar-refractivity contribution in [3.05, 3.63) is 59.3 Å². The fraction of sp³-hybridized carbons (Fsp3) is 0.391. The van der Waals surface area contributed by atoms with Gasteiger partial charge in [0.25, 0.3) is 0 Å². The molecule has 1 aliphatic heterocycles. The van der Waals surface area contributed by atoms with Gasteiger partial charge in [0.1, 0.15) is 28.8 Å². The second-order valence-corrected chi connectivity index (χ2v) is 9.94. The van der Waals surface area contributed by atoms with Gasteiger partial charge < -0.3 is 9.29 Å². The van der Waals surface area contributed by atoms with Crippen LogP contribution in [0.1, 0.15) is 31.0 Å². The van der Waals surface area contributed by atoms with Crippen LogP contribution in [0.2, 0.25) is 0 Å². The minimum atomic E-state index is -1.55. The minimum Gasteiger partial charge on any atom is -0.591 e. The number of fused-ring (bicyclic) bond motifs is 2. The zero-order valence-corrected chi connectivity index (χ0v) is 19.8. The van der Waals surface area contributed by atoms with Gasteiger partial charge in [-0.1, -0.05) is 6.92 Å². The highest BCUT2D eigenvalue weighted by Crippen LogP contribution is 2.46. The zero-order valence-electron chi connectivity index (χ0n) is 19.0. The maximum absolute atomic E-state index is 13.4. The molecular formula is C23H25FN6O3S. The van der Waals surface area contributed by atoms with Crippen LogP contribution in [0.3, 0.4) is 0 Å². The van der Waals surface area contributed by atoms with Gasteiger partial charge in [-0.05, 0) is 60.7 Å². The number of halogens is 1. The molecule has 2 atom stereocenters. The summed E-state index contributed by atoms with van der Waals surface area (Å²) < 4.78 is 35.5. The van der Waals surface area contributed by atoms with E-state index >= 15 is 0 Å². The molecule has 2 aromatic heterocycles. The molecule has 11 heteroatoms. The molecule has 0 saturated carbocycles. The minimum absolute atomic E-state index is 0.236. The first-order valence-corrected chi connectivity index (χ1v) is 12.2. The topological polar surface area (TPSA) is 101 Å². The Hall–Kier alpha value is -3.02. The summed E-state index contributed by atoms with van der Waals surface area (Å²) in [6.45, 7) is 3.41. The fourth-order valence-electron chi connectivity index (χ4n) is 4.71. The zero-order chi connectivity index (χ0) is 23.9. The number of hydrogen-bond donors (Lipinski definition) is 0. The molecule has 0 amide bonds. The average Bonchev–Trinajstić information content (AvgIpc) is 3.49. The first kappa shape index (κ1) is 22.8. The van der Waals surface area contributed by atoms with E-state index in [1.165, 1.54) is 30.2 Å². The van der Waals surface area contributed by atoms with Crippen LogP contribution in [-0.4, -0.2) is 59.8 Å². The van der Waals surface area contributed by atoms with Crippen molar-refractivity contribution in [1.82, 2.24) is 29.1 Å². The van der Waals surface area contributed by atoms with E-state index in [9.17, 15) is 13.7 Å². The molecular weight excluding hydrogens is 459 g/mol. The number of methoxy groups -OCH3 is 1. The first-order chi connectivity index (χ1) is 16.4. The van der Waals surface area contributed by atoms with Gasteiger partial charge in [0, 0.05) is 6.54 Å². The van der Waals surface area contributed by atoms with Gasteiger partial charge in [-0.3, -0.25) is 4.79 Å². The van der Waals surface area contributed by atoms with Crippen LogP contribution in [0.4, 0.5) is 4.39 Å². The van der Waals surface area contributed by atoms with Gasteiger partial charge >= 0.3 is 11.0 Å². The van der Waals surface area contributed by atoms with E-state index in [1.807, 2.05) is 13.0 Å². The van der Waals surface area contributed by atoms with Crippen molar-refractivity contribution >= 4 is 23.4 Å². The van der Waals surface area contributed by atoms with Crippen LogP contribution < -0.4 is 0 Å². The van der Waals surface area contributed by atoms with Crippen LogP contribution in [0, 0.1) is 11.2 Å². The first-order valence-electron chi connectivity index (χ1n) is 11.1. The summed E-state index contributed by atoms with van der Waals surface area (Å²) in [6.07, 6.45) is 7.01. The lowest BCUT2D eigenvalue weighted by atomic mass is 9.69. The molecule has 2 aliphatic rings. The Bertz CT molecular complexity index is 1240. The Balaban J connectivity index is 1.47. The molecule has 178 valence electrons. The maximum atomic E-state index is 13.4. The Labute approximate surface area is 199 Å². The van der Waals surface area contributed by atoms with Crippen molar-refractivity contribution in [1.29, 1.82) is 0 Å². The number of hydrogen-bond acceptors (Lipinski definition) is 7. The molecule has 1 aromatic carbocycles. The average molecular weight is 485 g/mol. The number of ether oxygens (including phenoxy) is 1. The van der Waals surface area contributed by atoms with Crippen LogP contribution in [0.5, 0.6) is 0 Å². The SMILES string of the molecule is CCCn1ncc([S+]([O-])N2CCC3=Cc4c(cnn4-c4ccc(F)cc4)CC3(C(=O)OC)C2)n1. The number of esters is 1. The molecule has 5 rings (SSSR count). The lowest BCUT2D eigenvalue weighted by Gasteiger charge is -2.43. The highest BCUT2D eigenvalue weighted by molar-refractivity contribution is 7.89. The van der Waals surface area contributed by atoms with E-state index in [0.29, 0.717) is 31.0 Å². The molecule has 0 N–H and O–H groups in total. The second-order valence-electron chi connectivity index (χ2n) is 8.50. The van der Waals surface area contributed by atoms with Crippen molar-refractivity contribution < 1.29 is 18.5 Å². The molecule has 1 aliphatic carbocycles. The Morgan fingerprint density at radius 1 is 1.26 bits per heavy atom. The third-order valence-corrected chi connectivity index (χ3v) is 7.71. The molecule has 2 unspecified atom stereocenters. The van der Waals surface area contributed by atoms with Gasteiger partial charge in [0.2, 0.25) is 0 Å². The fourth-order valence-corrected chi connectivity index (χ4v) is 5.87. The van der Waals surface area contributed by atoms with E-state index in [1.54, 1.807) is 27.3 Å². The Morgan fingerprint density at radius 2 is 2.06 bits per heavy atom. The normalized spacial score (nSPS) is 20.9. The molecule has 9 nitrogen and oxygen atoms in total. The van der Waals surface area contributed by atoms with Crippen molar-refractivity contribution in [3.63, 3.8) is 0 Å². The van der Waals surface area contributed by atoms with Gasteiger partial charge in [0.05, 0.1) is 37.8 Å². The van der Waals surface area contributed by atoms with Crippen molar-refractivity contribution in [2.45, 2.75) is 37.8 Å². The molecule has 3 heterocycles. The Kier molecular flexibility index (Phi) is 6.00. The summed E-state index contributed by atoms with van der Waals surface area (Å²) in [6, 6.07) is 6.12. The van der Waals surface area contributed by atoms with Gasteiger partial charge in [-0.2, -0.15) is 15.0 Å². The molecule has 0 bridgehead atoms. The number of piperidine rings is 1. The lowest BCUT2D eigenvalue weighted by molar-refractivity contribution is -0.151. The van der Waals surface area contributed by atoms with Crippen molar-refractivity contribution in [2.24, 2.45) is 5.41 Å². The number of carbonyl (C=O) groups excluding carboxylic acids is 1. The number of nitrogens with zero attached hydrogens (tertiary/aromatic N) is 6. The molecule has 3 aromatic rings. The number of aromatic nitrogens is 5. The van der Waals surface area contributed by atoms with Crippen LogP contribution in [0.25, 0.3) is 11.8 Å². The van der Waals surface area contributed by atoms with Crippen LogP contribution in [-0.2, 0) is 33.9 Å². The van der Waals surface area contributed by atoms with Gasteiger partial charge in [-0.25, -0.2) is 9.07 Å². The predicted octanol–water partition coefficient (Wildman–Crippen LogP) is 2.54. The number of carbonyl (C=O) groups is 1. The summed E-state index contributed by atoms with van der Waals surface area (Å²) in [4.78, 5) is 14.7. The summed E-state index contributed by atoms with van der Waals surface area (Å²) >= 11 is -1.55. The summed E-state index contributed by atoms with van der Waals surface area (Å²) in [7, 11) is 1.37. The van der Waals surface area contributed by atoms with Gasteiger partial charge in [0.15, 0.2) is 0 Å². The largest absolute Gasteiger partial charge is 0.591 e. The van der Waals surface area contributed by atoms with E-state index < -0.39 is 16.8 Å². The molecule has 34 heavy (non-hydrogen) atoms. The standard InChI is InChI=1S/C23H25FN6O3S/c1-3-9-29-25-14-21(27-29)34(32)28-10-8-17-11-20-16(12-23(17,15-28)22(31)33-2)13-26-30(20)19-6-4-18(24)5-7-19/h4-7,11,13-14H,3,8-10,12,15H2,1-2H3. The molecule has 1 fully saturated rings. The third kappa shape index (κ3) is 3.83. The highest BCUT2D eigenvalue weighted by atomic mass is 32.2. The molecule has 0 spiro atoms. The number of aryl methyl sites for hydroxylation is 1. The Morgan fingerprint density at radius 3 is 2.79 bits per heavy atom. The predicted molar refractivity (Wildman–Crippen MR) is 123 cm³/mol. The van der Waals surface area contributed by atoms with E-state index in [4.69, 9.17) is 4.74 Å². The van der Waals surface area contributed by atoms with E-state index in [2.05, 4.69) is 15.3 Å². The summed E-state index contributed by atoms with van der Waals surface area (Å²) in [5.41, 5.74) is 2.42. The lowest BCUT2D eigenvalue weighted by Crippen LogP contribution is -2.53. The van der Waals surface area contributed by atoms with Crippen molar-refractivity contribution in [3.8, 4) is 5.69 Å². The highest BCUT2D eigenvalue weighted by Gasteiger charge is 2.52. The smallest absolute Gasteiger partial charge is 0.317 e. The third-order valence-electron chi connectivity index (χ3n) is 6.38. The number of benzene rings is 1.